The lowest BCUT2D eigenvalue weighted by atomic mass is 9.97. The van der Waals surface area contributed by atoms with Gasteiger partial charge < -0.3 is 15.0 Å². The molecule has 130 valence electrons. The molecule has 2 saturated heterocycles. The van der Waals surface area contributed by atoms with Crippen molar-refractivity contribution >= 4 is 12.0 Å². The van der Waals surface area contributed by atoms with Crippen LogP contribution in [0.3, 0.4) is 0 Å². The molecule has 2 fully saturated rings. The van der Waals surface area contributed by atoms with Crippen LogP contribution in [0.5, 0.6) is 0 Å². The molecule has 1 atom stereocenters. The maximum absolute atomic E-state index is 12.1. The molecule has 0 radical (unpaired) electrons. The van der Waals surface area contributed by atoms with Gasteiger partial charge in [0.1, 0.15) is 6.61 Å². The largest absolute Gasteiger partial charge is 0.445 e. The second kappa shape index (κ2) is 8.15. The van der Waals surface area contributed by atoms with E-state index in [0.717, 1.165) is 38.2 Å². The van der Waals surface area contributed by atoms with Crippen molar-refractivity contribution in [3.63, 3.8) is 0 Å². The molecule has 1 aromatic rings. The number of benzene rings is 1. The van der Waals surface area contributed by atoms with E-state index in [4.69, 9.17) is 4.74 Å². The molecule has 3 rings (SSSR count). The van der Waals surface area contributed by atoms with Crippen LogP contribution in [0.15, 0.2) is 30.3 Å². The summed E-state index contributed by atoms with van der Waals surface area (Å²) in [5.41, 5.74) is 1.00. The number of carbonyl (C=O) groups is 2. The Balaban J connectivity index is 1.38. The molecule has 1 unspecified atom stereocenters. The summed E-state index contributed by atoms with van der Waals surface area (Å²) in [6, 6.07) is 9.72. The van der Waals surface area contributed by atoms with Crippen LogP contribution in [0.2, 0.25) is 0 Å². The second-order valence-electron chi connectivity index (χ2n) is 6.54. The molecule has 0 saturated carbocycles. The first-order valence-corrected chi connectivity index (χ1v) is 8.65. The van der Waals surface area contributed by atoms with E-state index in [9.17, 15) is 9.59 Å². The van der Waals surface area contributed by atoms with E-state index in [2.05, 4.69) is 10.2 Å². The third kappa shape index (κ3) is 4.71. The topological polar surface area (TPSA) is 61.9 Å². The van der Waals surface area contributed by atoms with Crippen molar-refractivity contribution in [2.45, 2.75) is 19.4 Å². The first-order chi connectivity index (χ1) is 11.7. The van der Waals surface area contributed by atoms with Gasteiger partial charge in [-0.1, -0.05) is 30.3 Å². The highest BCUT2D eigenvalue weighted by molar-refractivity contribution is 5.76. The molecule has 24 heavy (non-hydrogen) atoms. The zero-order valence-corrected chi connectivity index (χ0v) is 13.9. The Labute approximate surface area is 142 Å². The molecule has 0 bridgehead atoms. The highest BCUT2D eigenvalue weighted by Crippen LogP contribution is 2.16. The maximum atomic E-state index is 12.1. The number of rotatable bonds is 4. The van der Waals surface area contributed by atoms with E-state index < -0.39 is 0 Å². The van der Waals surface area contributed by atoms with E-state index in [1.165, 1.54) is 0 Å². The number of piperidine rings is 1. The third-order valence-corrected chi connectivity index (χ3v) is 4.70. The highest BCUT2D eigenvalue weighted by atomic mass is 16.6. The number of hydrogen-bond donors (Lipinski definition) is 1. The average Bonchev–Trinajstić information content (AvgIpc) is 2.61. The number of nitrogens with zero attached hydrogens (tertiary/aromatic N) is 2. The van der Waals surface area contributed by atoms with Gasteiger partial charge in [0.2, 0.25) is 5.91 Å². The smallest absolute Gasteiger partial charge is 0.410 e. The van der Waals surface area contributed by atoms with Gasteiger partial charge >= 0.3 is 6.09 Å². The van der Waals surface area contributed by atoms with Crippen molar-refractivity contribution in [1.29, 1.82) is 0 Å². The Bertz CT molecular complexity index is 556. The van der Waals surface area contributed by atoms with Gasteiger partial charge in [-0.15, -0.1) is 0 Å². The van der Waals surface area contributed by atoms with Crippen molar-refractivity contribution in [2.24, 2.45) is 5.92 Å². The fraction of sp³-hybridized carbons (Fsp3) is 0.556. The molecule has 1 aromatic carbocycles. The molecule has 2 heterocycles. The van der Waals surface area contributed by atoms with Crippen LogP contribution >= 0.6 is 0 Å². The van der Waals surface area contributed by atoms with Gasteiger partial charge in [-0.2, -0.15) is 0 Å². The van der Waals surface area contributed by atoms with E-state index >= 15 is 0 Å². The number of piperazine rings is 1. The molecule has 6 heteroatoms. The monoisotopic (exact) mass is 331 g/mol. The van der Waals surface area contributed by atoms with E-state index in [1.807, 2.05) is 30.3 Å². The average molecular weight is 331 g/mol. The summed E-state index contributed by atoms with van der Waals surface area (Å²) in [7, 11) is 0. The molecular formula is C18H25N3O3. The van der Waals surface area contributed by atoms with Gasteiger partial charge in [-0.3, -0.25) is 9.69 Å². The van der Waals surface area contributed by atoms with Crippen LogP contribution in [0.1, 0.15) is 18.4 Å². The third-order valence-electron chi connectivity index (χ3n) is 4.70. The summed E-state index contributed by atoms with van der Waals surface area (Å²) in [6.45, 7) is 5.11. The van der Waals surface area contributed by atoms with Gasteiger partial charge in [0.15, 0.2) is 0 Å². The molecule has 0 aliphatic carbocycles. The normalized spacial score (nSPS) is 22.1. The number of amides is 2. The fourth-order valence-electron chi connectivity index (χ4n) is 3.30. The zero-order valence-electron chi connectivity index (χ0n) is 13.9. The fourth-order valence-corrected chi connectivity index (χ4v) is 3.30. The van der Waals surface area contributed by atoms with Crippen LogP contribution < -0.4 is 5.32 Å². The Morgan fingerprint density at radius 3 is 2.62 bits per heavy atom. The maximum Gasteiger partial charge on any atom is 0.410 e. The van der Waals surface area contributed by atoms with Gasteiger partial charge in [0, 0.05) is 45.7 Å². The number of nitrogens with one attached hydrogen (secondary N) is 1. The molecule has 6 nitrogen and oxygen atoms in total. The van der Waals surface area contributed by atoms with Gasteiger partial charge in [0.05, 0.1) is 0 Å². The van der Waals surface area contributed by atoms with Crippen molar-refractivity contribution < 1.29 is 14.3 Å². The van der Waals surface area contributed by atoms with Crippen molar-refractivity contribution in [3.8, 4) is 0 Å². The van der Waals surface area contributed by atoms with Gasteiger partial charge in [-0.25, -0.2) is 4.79 Å². The van der Waals surface area contributed by atoms with Crippen LogP contribution in [0.25, 0.3) is 0 Å². The second-order valence-corrected chi connectivity index (χ2v) is 6.54. The quantitative estimate of drug-likeness (QED) is 0.907. The Hall–Kier alpha value is -2.08. The Morgan fingerprint density at radius 2 is 1.92 bits per heavy atom. The van der Waals surface area contributed by atoms with Crippen molar-refractivity contribution in [2.75, 3.05) is 39.3 Å². The van der Waals surface area contributed by atoms with Crippen LogP contribution in [-0.4, -0.2) is 61.1 Å². The molecule has 1 N–H and O–H groups in total. The summed E-state index contributed by atoms with van der Waals surface area (Å²) in [4.78, 5) is 27.7. The molecule has 0 aromatic heterocycles. The lowest BCUT2D eigenvalue weighted by Crippen LogP contribution is -2.50. The lowest BCUT2D eigenvalue weighted by molar-refractivity contribution is -0.123. The first kappa shape index (κ1) is 16.8. The molecule has 2 aliphatic rings. The molecule has 2 amide bonds. The standard InChI is InChI=1S/C18H25N3O3/c22-17-12-16(6-7-19-17)13-20-8-10-21(11-9-20)18(23)24-14-15-4-2-1-3-5-15/h1-5,16H,6-14H2,(H,19,22). The summed E-state index contributed by atoms with van der Waals surface area (Å²) in [6.07, 6.45) is 1.43. The van der Waals surface area contributed by atoms with E-state index in [0.29, 0.717) is 32.0 Å². The predicted molar refractivity (Wildman–Crippen MR) is 90.4 cm³/mol. The zero-order chi connectivity index (χ0) is 16.8. The minimum Gasteiger partial charge on any atom is -0.445 e. The van der Waals surface area contributed by atoms with Crippen LogP contribution in [-0.2, 0) is 16.1 Å². The number of carbonyl (C=O) groups excluding carboxylic acids is 2. The lowest BCUT2D eigenvalue weighted by Gasteiger charge is -2.36. The van der Waals surface area contributed by atoms with Crippen LogP contribution in [0.4, 0.5) is 4.79 Å². The number of ether oxygens (including phenoxy) is 1. The van der Waals surface area contributed by atoms with Gasteiger partial charge in [-0.05, 0) is 17.9 Å². The molecular weight excluding hydrogens is 306 g/mol. The van der Waals surface area contributed by atoms with E-state index in [-0.39, 0.29) is 12.0 Å². The van der Waals surface area contributed by atoms with E-state index in [1.54, 1.807) is 4.90 Å². The summed E-state index contributed by atoms with van der Waals surface area (Å²) in [5, 5.41) is 2.87. The summed E-state index contributed by atoms with van der Waals surface area (Å²) >= 11 is 0. The van der Waals surface area contributed by atoms with Crippen LogP contribution in [0, 0.1) is 5.92 Å². The molecule has 2 aliphatic heterocycles. The van der Waals surface area contributed by atoms with Crippen molar-refractivity contribution in [3.05, 3.63) is 35.9 Å². The van der Waals surface area contributed by atoms with Gasteiger partial charge in [0.25, 0.3) is 0 Å². The Morgan fingerprint density at radius 1 is 1.17 bits per heavy atom. The summed E-state index contributed by atoms with van der Waals surface area (Å²) in [5.74, 6) is 0.602. The molecule has 0 spiro atoms. The SMILES string of the molecule is O=C1CC(CN2CCN(C(=O)OCc3ccccc3)CC2)CCN1. The highest BCUT2D eigenvalue weighted by Gasteiger charge is 2.26. The predicted octanol–water partition coefficient (Wildman–Crippen LogP) is 1.47. The first-order valence-electron chi connectivity index (χ1n) is 8.65. The Kier molecular flexibility index (Phi) is 5.69. The van der Waals surface area contributed by atoms with Crippen molar-refractivity contribution in [1.82, 2.24) is 15.1 Å². The minimum atomic E-state index is -0.240. The summed E-state index contributed by atoms with van der Waals surface area (Å²) < 4.78 is 5.38. The number of hydrogen-bond acceptors (Lipinski definition) is 4. The minimum absolute atomic E-state index is 0.161.